The SMILES string of the molecule is CSc1cccc(Cn2cc(-c3ccccc3)nn2)c1. The summed E-state index contributed by atoms with van der Waals surface area (Å²) >= 11 is 1.75. The summed E-state index contributed by atoms with van der Waals surface area (Å²) in [7, 11) is 0. The lowest BCUT2D eigenvalue weighted by Crippen LogP contribution is -2.00. The zero-order valence-electron chi connectivity index (χ0n) is 11.2. The molecule has 0 radical (unpaired) electrons. The van der Waals surface area contributed by atoms with E-state index in [4.69, 9.17) is 0 Å². The normalized spacial score (nSPS) is 10.7. The van der Waals surface area contributed by atoms with E-state index in [-0.39, 0.29) is 0 Å². The second-order valence-corrected chi connectivity index (χ2v) is 5.40. The molecule has 1 heterocycles. The molecule has 0 unspecified atom stereocenters. The van der Waals surface area contributed by atoms with E-state index < -0.39 is 0 Å². The maximum absolute atomic E-state index is 4.23. The van der Waals surface area contributed by atoms with Crippen LogP contribution < -0.4 is 0 Å². The Bertz CT molecular complexity index is 692. The van der Waals surface area contributed by atoms with E-state index >= 15 is 0 Å². The Morgan fingerprint density at radius 3 is 2.70 bits per heavy atom. The van der Waals surface area contributed by atoms with Crippen LogP contribution in [-0.2, 0) is 6.54 Å². The van der Waals surface area contributed by atoms with Gasteiger partial charge in [0.2, 0.25) is 0 Å². The fraction of sp³-hybridized carbons (Fsp3) is 0.125. The molecule has 0 atom stereocenters. The predicted molar refractivity (Wildman–Crippen MR) is 82.8 cm³/mol. The number of hydrogen-bond donors (Lipinski definition) is 0. The van der Waals surface area contributed by atoms with Crippen LogP contribution in [0.1, 0.15) is 5.56 Å². The molecule has 0 saturated heterocycles. The molecule has 0 aliphatic carbocycles. The molecule has 20 heavy (non-hydrogen) atoms. The van der Waals surface area contributed by atoms with Crippen LogP contribution >= 0.6 is 11.8 Å². The van der Waals surface area contributed by atoms with E-state index in [9.17, 15) is 0 Å². The molecule has 1 aromatic heterocycles. The molecule has 3 nitrogen and oxygen atoms in total. The summed E-state index contributed by atoms with van der Waals surface area (Å²) in [5.41, 5.74) is 3.24. The second-order valence-electron chi connectivity index (χ2n) is 4.52. The van der Waals surface area contributed by atoms with Gasteiger partial charge in [-0.25, -0.2) is 4.68 Å². The fourth-order valence-corrected chi connectivity index (χ4v) is 2.56. The number of nitrogens with zero attached hydrogens (tertiary/aromatic N) is 3. The molecule has 0 spiro atoms. The van der Waals surface area contributed by atoms with Gasteiger partial charge in [-0.2, -0.15) is 0 Å². The standard InChI is InChI=1S/C16H15N3S/c1-20-15-9-5-6-13(10-15)11-19-12-16(17-18-19)14-7-3-2-4-8-14/h2-10,12H,11H2,1H3. The molecule has 3 aromatic rings. The van der Waals surface area contributed by atoms with Gasteiger partial charge in [0.05, 0.1) is 12.7 Å². The molecular weight excluding hydrogens is 266 g/mol. The van der Waals surface area contributed by atoms with Crippen molar-refractivity contribution in [2.24, 2.45) is 0 Å². The summed E-state index contributed by atoms with van der Waals surface area (Å²) in [5, 5.41) is 8.44. The first kappa shape index (κ1) is 12.9. The molecule has 0 aliphatic heterocycles. The van der Waals surface area contributed by atoms with Crippen LogP contribution in [0.3, 0.4) is 0 Å². The Morgan fingerprint density at radius 2 is 1.90 bits per heavy atom. The minimum absolute atomic E-state index is 0.744. The third-order valence-corrected chi connectivity index (χ3v) is 3.81. The van der Waals surface area contributed by atoms with Crippen molar-refractivity contribution in [3.05, 3.63) is 66.4 Å². The van der Waals surface area contributed by atoms with E-state index in [2.05, 4.69) is 40.8 Å². The molecular formula is C16H15N3S. The molecule has 0 fully saturated rings. The Balaban J connectivity index is 1.80. The minimum atomic E-state index is 0.744. The molecule has 0 bridgehead atoms. The van der Waals surface area contributed by atoms with Crippen LogP contribution in [0.15, 0.2) is 65.7 Å². The summed E-state index contributed by atoms with van der Waals surface area (Å²) < 4.78 is 1.88. The lowest BCUT2D eigenvalue weighted by atomic mass is 10.2. The highest BCUT2D eigenvalue weighted by Crippen LogP contribution is 2.18. The van der Waals surface area contributed by atoms with Crippen molar-refractivity contribution in [3.63, 3.8) is 0 Å². The highest BCUT2D eigenvalue weighted by atomic mass is 32.2. The molecule has 0 amide bonds. The summed E-state index contributed by atoms with van der Waals surface area (Å²) in [6.07, 6.45) is 4.07. The number of aromatic nitrogens is 3. The molecule has 3 rings (SSSR count). The van der Waals surface area contributed by atoms with Crippen LogP contribution in [0.2, 0.25) is 0 Å². The zero-order chi connectivity index (χ0) is 13.8. The number of benzene rings is 2. The van der Waals surface area contributed by atoms with Crippen molar-refractivity contribution in [1.29, 1.82) is 0 Å². The first-order valence-corrected chi connectivity index (χ1v) is 7.66. The highest BCUT2D eigenvalue weighted by molar-refractivity contribution is 7.98. The molecule has 0 N–H and O–H groups in total. The first-order valence-electron chi connectivity index (χ1n) is 6.43. The van der Waals surface area contributed by atoms with E-state index in [1.807, 2.05) is 41.2 Å². The van der Waals surface area contributed by atoms with Crippen molar-refractivity contribution in [3.8, 4) is 11.3 Å². The van der Waals surface area contributed by atoms with Crippen molar-refractivity contribution in [2.45, 2.75) is 11.4 Å². The zero-order valence-corrected chi connectivity index (χ0v) is 12.0. The Hall–Kier alpha value is -2.07. The van der Waals surface area contributed by atoms with Crippen LogP contribution in [0, 0.1) is 0 Å². The van der Waals surface area contributed by atoms with Crippen LogP contribution in [0.5, 0.6) is 0 Å². The van der Waals surface area contributed by atoms with Gasteiger partial charge in [0.1, 0.15) is 5.69 Å². The molecule has 0 aliphatic rings. The summed E-state index contributed by atoms with van der Waals surface area (Å²) in [4.78, 5) is 1.27. The van der Waals surface area contributed by atoms with E-state index in [1.54, 1.807) is 11.8 Å². The van der Waals surface area contributed by atoms with E-state index in [1.165, 1.54) is 10.5 Å². The predicted octanol–water partition coefficient (Wildman–Crippen LogP) is 3.72. The Labute approximate surface area is 122 Å². The van der Waals surface area contributed by atoms with Gasteiger partial charge >= 0.3 is 0 Å². The minimum Gasteiger partial charge on any atom is -0.247 e. The van der Waals surface area contributed by atoms with Crippen molar-refractivity contribution in [2.75, 3.05) is 6.26 Å². The van der Waals surface area contributed by atoms with Gasteiger partial charge in [-0.15, -0.1) is 16.9 Å². The second kappa shape index (κ2) is 5.92. The molecule has 100 valence electrons. The molecule has 4 heteroatoms. The van der Waals surface area contributed by atoms with Crippen LogP contribution in [-0.4, -0.2) is 21.2 Å². The van der Waals surface area contributed by atoms with Gasteiger partial charge in [0, 0.05) is 10.5 Å². The van der Waals surface area contributed by atoms with Gasteiger partial charge in [0.25, 0.3) is 0 Å². The Kier molecular flexibility index (Phi) is 3.83. The molecule has 0 saturated carbocycles. The summed E-state index contributed by atoms with van der Waals surface area (Å²) in [6, 6.07) is 18.6. The highest BCUT2D eigenvalue weighted by Gasteiger charge is 2.04. The fourth-order valence-electron chi connectivity index (χ4n) is 2.07. The molecule has 2 aromatic carbocycles. The number of rotatable bonds is 4. The van der Waals surface area contributed by atoms with Gasteiger partial charge in [0.15, 0.2) is 0 Å². The van der Waals surface area contributed by atoms with Gasteiger partial charge in [-0.1, -0.05) is 47.7 Å². The third kappa shape index (κ3) is 2.91. The van der Waals surface area contributed by atoms with Gasteiger partial charge < -0.3 is 0 Å². The largest absolute Gasteiger partial charge is 0.247 e. The topological polar surface area (TPSA) is 30.7 Å². The summed E-state index contributed by atoms with van der Waals surface area (Å²) in [5.74, 6) is 0. The van der Waals surface area contributed by atoms with Crippen molar-refractivity contribution in [1.82, 2.24) is 15.0 Å². The monoisotopic (exact) mass is 281 g/mol. The smallest absolute Gasteiger partial charge is 0.113 e. The Morgan fingerprint density at radius 1 is 1.05 bits per heavy atom. The average Bonchev–Trinajstić information content (AvgIpc) is 2.97. The quantitative estimate of drug-likeness (QED) is 0.683. The maximum Gasteiger partial charge on any atom is 0.113 e. The lowest BCUT2D eigenvalue weighted by molar-refractivity contribution is 0.649. The first-order chi connectivity index (χ1) is 9.85. The summed E-state index contributed by atoms with van der Waals surface area (Å²) in [6.45, 7) is 0.744. The number of thioether (sulfide) groups is 1. The van der Waals surface area contributed by atoms with Crippen molar-refractivity contribution < 1.29 is 0 Å². The lowest BCUT2D eigenvalue weighted by Gasteiger charge is -2.02. The van der Waals surface area contributed by atoms with Crippen LogP contribution in [0.25, 0.3) is 11.3 Å². The van der Waals surface area contributed by atoms with E-state index in [0.29, 0.717) is 0 Å². The van der Waals surface area contributed by atoms with Crippen molar-refractivity contribution >= 4 is 11.8 Å². The van der Waals surface area contributed by atoms with E-state index in [0.717, 1.165) is 17.8 Å². The third-order valence-electron chi connectivity index (χ3n) is 3.09. The average molecular weight is 281 g/mol. The number of hydrogen-bond acceptors (Lipinski definition) is 3. The maximum atomic E-state index is 4.23. The van der Waals surface area contributed by atoms with Crippen LogP contribution in [0.4, 0.5) is 0 Å². The van der Waals surface area contributed by atoms with Gasteiger partial charge in [-0.3, -0.25) is 0 Å². The van der Waals surface area contributed by atoms with Gasteiger partial charge in [-0.05, 0) is 24.0 Å².